The van der Waals surface area contributed by atoms with Gasteiger partial charge in [0.25, 0.3) is 0 Å². The molecular formula is C12H12N4. The van der Waals surface area contributed by atoms with Crippen LogP contribution in [0.3, 0.4) is 0 Å². The molecule has 2 aromatic rings. The van der Waals surface area contributed by atoms with Gasteiger partial charge in [0, 0.05) is 22.2 Å². The zero-order chi connectivity index (χ0) is 12.0. The molecule has 0 amide bonds. The van der Waals surface area contributed by atoms with Crippen molar-refractivity contribution >= 4 is 11.4 Å². The van der Waals surface area contributed by atoms with Crippen LogP contribution in [-0.2, 0) is 0 Å². The van der Waals surface area contributed by atoms with Gasteiger partial charge in [0.2, 0.25) is 0 Å². The molecule has 0 unspecified atom stereocenters. The second-order valence-electron chi connectivity index (χ2n) is 3.24. The van der Waals surface area contributed by atoms with E-state index in [2.05, 4.69) is 0 Å². The lowest BCUT2D eigenvalue weighted by molar-refractivity contribution is 1.15. The predicted octanol–water partition coefficient (Wildman–Crippen LogP) is 2.55. The zero-order valence-electron chi connectivity index (χ0n) is 8.67. The molecule has 0 spiro atoms. The van der Waals surface area contributed by atoms with Gasteiger partial charge in [-0.2, -0.15) is 0 Å². The summed E-state index contributed by atoms with van der Waals surface area (Å²) in [6.07, 6.45) is 0. The highest BCUT2D eigenvalue weighted by Crippen LogP contribution is 2.21. The van der Waals surface area contributed by atoms with Gasteiger partial charge in [0.1, 0.15) is 0 Å². The molecule has 0 bridgehead atoms. The summed E-state index contributed by atoms with van der Waals surface area (Å²) < 4.78 is 0. The van der Waals surface area contributed by atoms with Gasteiger partial charge in [0.05, 0.1) is 0 Å². The summed E-state index contributed by atoms with van der Waals surface area (Å²) in [5.41, 5.74) is 15.1. The summed E-state index contributed by atoms with van der Waals surface area (Å²) in [5.74, 6) is 0. The molecule has 0 radical (unpaired) electrons. The van der Waals surface area contributed by atoms with Crippen molar-refractivity contribution in [1.29, 1.82) is 10.8 Å². The third-order valence-electron chi connectivity index (χ3n) is 2.15. The van der Waals surface area contributed by atoms with Gasteiger partial charge in [-0.3, -0.25) is 0 Å². The lowest BCUT2D eigenvalue weighted by Crippen LogP contribution is -1.85. The lowest BCUT2D eigenvalue weighted by atomic mass is 10.1. The first kappa shape index (κ1) is 11.5. The van der Waals surface area contributed by atoms with Gasteiger partial charge < -0.3 is 11.5 Å². The zero-order valence-corrected chi connectivity index (χ0v) is 8.67. The average Bonchev–Trinajstić information content (AvgIpc) is 2.34. The molecule has 4 nitrogen and oxygen atoms in total. The van der Waals surface area contributed by atoms with E-state index in [4.69, 9.17) is 22.3 Å². The fourth-order valence-electron chi connectivity index (χ4n) is 1.35. The van der Waals surface area contributed by atoms with Crippen LogP contribution < -0.4 is 11.5 Å². The normalized spacial score (nSPS) is 8.88. The second-order valence-corrected chi connectivity index (χ2v) is 3.24. The molecule has 4 heteroatoms. The standard InChI is InChI=1S/C12H12N2.N2/c13-11-5-1-9(2-6-11)10-3-7-12(14)8-4-10;1-2/h1-8H,13-14H2;. The highest BCUT2D eigenvalue weighted by molar-refractivity contribution is 5.67. The average molecular weight is 212 g/mol. The first-order valence-electron chi connectivity index (χ1n) is 4.67. The monoisotopic (exact) mass is 212 g/mol. The first-order chi connectivity index (χ1) is 7.75. The smallest absolute Gasteiger partial charge is 0.0314 e. The Labute approximate surface area is 93.9 Å². The Balaban J connectivity index is 0.000000606. The van der Waals surface area contributed by atoms with Crippen LogP contribution in [0.15, 0.2) is 48.5 Å². The predicted molar refractivity (Wildman–Crippen MR) is 64.2 cm³/mol. The fraction of sp³-hybridized carbons (Fsp3) is 0. The minimum atomic E-state index is 0.782. The number of nitrogens with zero attached hydrogens (tertiary/aromatic N) is 2. The number of hydrogen-bond donors (Lipinski definition) is 2. The Morgan fingerprint density at radius 1 is 0.562 bits per heavy atom. The van der Waals surface area contributed by atoms with Crippen LogP contribution in [0.1, 0.15) is 0 Å². The Hall–Kier alpha value is -2.54. The van der Waals surface area contributed by atoms with Crippen molar-refractivity contribution in [2.75, 3.05) is 11.5 Å². The number of nitrogen functional groups attached to an aromatic ring is 2. The number of rotatable bonds is 1. The topological polar surface area (TPSA) is 99.6 Å². The maximum Gasteiger partial charge on any atom is 0.0314 e. The van der Waals surface area contributed by atoms with Crippen LogP contribution in [0.25, 0.3) is 11.1 Å². The molecule has 0 heterocycles. The van der Waals surface area contributed by atoms with Crippen molar-refractivity contribution in [2.45, 2.75) is 0 Å². The lowest BCUT2D eigenvalue weighted by Gasteiger charge is -2.02. The summed E-state index contributed by atoms with van der Waals surface area (Å²) in [6, 6.07) is 15.6. The molecule has 4 N–H and O–H groups in total. The summed E-state index contributed by atoms with van der Waals surface area (Å²) in [6.45, 7) is 0. The molecule has 2 aromatic carbocycles. The molecule has 0 aliphatic heterocycles. The van der Waals surface area contributed by atoms with Gasteiger partial charge in [-0.1, -0.05) is 24.3 Å². The molecule has 0 aliphatic carbocycles. The van der Waals surface area contributed by atoms with Crippen LogP contribution in [-0.4, -0.2) is 0 Å². The largest absolute Gasteiger partial charge is 0.399 e. The number of nitrogens with two attached hydrogens (primary N) is 2. The van der Waals surface area contributed by atoms with Crippen molar-refractivity contribution in [1.82, 2.24) is 0 Å². The van der Waals surface area contributed by atoms with E-state index in [1.807, 2.05) is 48.5 Å². The molecule has 2 rings (SSSR count). The van der Waals surface area contributed by atoms with Crippen molar-refractivity contribution in [3.8, 4) is 11.1 Å². The number of anilines is 2. The van der Waals surface area contributed by atoms with Gasteiger partial charge in [-0.25, -0.2) is 0 Å². The third kappa shape index (κ3) is 2.72. The summed E-state index contributed by atoms with van der Waals surface area (Å²) in [5, 5.41) is 12.0. The first-order valence-corrected chi connectivity index (χ1v) is 4.67. The van der Waals surface area contributed by atoms with E-state index < -0.39 is 0 Å². The molecule has 16 heavy (non-hydrogen) atoms. The maximum absolute atomic E-state index is 6.00. The Morgan fingerprint density at radius 3 is 1.06 bits per heavy atom. The van der Waals surface area contributed by atoms with E-state index in [1.165, 1.54) is 0 Å². The van der Waals surface area contributed by atoms with Gasteiger partial charge in [0.15, 0.2) is 0 Å². The number of benzene rings is 2. The van der Waals surface area contributed by atoms with E-state index in [0.29, 0.717) is 0 Å². The summed E-state index contributed by atoms with van der Waals surface area (Å²) >= 11 is 0. The van der Waals surface area contributed by atoms with Crippen LogP contribution >= 0.6 is 0 Å². The van der Waals surface area contributed by atoms with E-state index in [9.17, 15) is 0 Å². The molecule has 80 valence electrons. The van der Waals surface area contributed by atoms with Crippen LogP contribution in [0.5, 0.6) is 0 Å². The van der Waals surface area contributed by atoms with Crippen LogP contribution in [0, 0.1) is 10.8 Å². The van der Waals surface area contributed by atoms with E-state index in [-0.39, 0.29) is 0 Å². The molecule has 0 aliphatic rings. The highest BCUT2D eigenvalue weighted by Gasteiger charge is 1.95. The molecule has 0 saturated carbocycles. The molecular weight excluding hydrogens is 200 g/mol. The Bertz CT molecular complexity index is 413. The van der Waals surface area contributed by atoms with Gasteiger partial charge in [-0.15, -0.1) is 0 Å². The molecule has 0 fully saturated rings. The molecule has 0 saturated heterocycles. The van der Waals surface area contributed by atoms with E-state index in [0.717, 1.165) is 22.5 Å². The summed E-state index contributed by atoms with van der Waals surface area (Å²) in [4.78, 5) is 0. The minimum Gasteiger partial charge on any atom is -0.399 e. The van der Waals surface area contributed by atoms with Crippen molar-refractivity contribution in [3.63, 3.8) is 0 Å². The minimum absolute atomic E-state index is 0.782. The van der Waals surface area contributed by atoms with Crippen LogP contribution in [0.2, 0.25) is 0 Å². The molecule has 0 atom stereocenters. The Kier molecular flexibility index (Phi) is 3.87. The fourth-order valence-corrected chi connectivity index (χ4v) is 1.35. The number of hydrogen-bond acceptors (Lipinski definition) is 4. The van der Waals surface area contributed by atoms with Crippen LogP contribution in [0.4, 0.5) is 11.4 Å². The maximum atomic E-state index is 6.00. The van der Waals surface area contributed by atoms with Crippen molar-refractivity contribution in [2.24, 2.45) is 0 Å². The Morgan fingerprint density at radius 2 is 0.812 bits per heavy atom. The highest BCUT2D eigenvalue weighted by atomic mass is 14.6. The van der Waals surface area contributed by atoms with E-state index >= 15 is 0 Å². The molecule has 0 aromatic heterocycles. The van der Waals surface area contributed by atoms with Crippen molar-refractivity contribution in [3.05, 3.63) is 48.5 Å². The second kappa shape index (κ2) is 5.37. The van der Waals surface area contributed by atoms with Gasteiger partial charge in [-0.05, 0) is 35.4 Å². The summed E-state index contributed by atoms with van der Waals surface area (Å²) in [7, 11) is 0. The SMILES string of the molecule is N#N.Nc1ccc(-c2ccc(N)cc2)cc1. The van der Waals surface area contributed by atoms with Gasteiger partial charge >= 0.3 is 0 Å². The quantitative estimate of drug-likeness (QED) is 0.560. The van der Waals surface area contributed by atoms with E-state index in [1.54, 1.807) is 0 Å². The third-order valence-corrected chi connectivity index (χ3v) is 2.15. The van der Waals surface area contributed by atoms with Crippen molar-refractivity contribution < 1.29 is 0 Å².